The number of esters is 3. The lowest BCUT2D eigenvalue weighted by Crippen LogP contribution is -2.67. The SMILES string of the molecule is C=CCO[C@H]1[C@@H](O[C@H]2[C@@H](OC(=N)C(Cl)(Cl)Cl)O[C@H](COC(C)=O)[C@@H](OC(C)=O)[C@@H]2OC(C)=O)O[C@H](COCc2ccccc2)[C@@H](OCc2ccccc2)[C@@H]1OCc1ccccc1. The van der Waals surface area contributed by atoms with E-state index in [0.29, 0.717) is 0 Å². The average Bonchev–Trinajstić information content (AvgIpc) is 3.23. The van der Waals surface area contributed by atoms with Crippen molar-refractivity contribution in [3.63, 3.8) is 0 Å². The smallest absolute Gasteiger partial charge is 0.303 e. The van der Waals surface area contributed by atoms with E-state index in [4.69, 9.17) is 92.3 Å². The lowest BCUT2D eigenvalue weighted by molar-refractivity contribution is -0.370. The Morgan fingerprint density at radius 1 is 0.613 bits per heavy atom. The predicted octanol–water partition coefficient (Wildman–Crippen LogP) is 6.57. The zero-order valence-corrected chi connectivity index (χ0v) is 36.6. The van der Waals surface area contributed by atoms with E-state index in [1.807, 2.05) is 91.0 Å². The lowest BCUT2D eigenvalue weighted by atomic mass is 9.96. The number of carbonyl (C=O) groups excluding carboxylic acids is 3. The Labute approximate surface area is 375 Å². The van der Waals surface area contributed by atoms with Crippen LogP contribution in [0.3, 0.4) is 0 Å². The van der Waals surface area contributed by atoms with Crippen molar-refractivity contribution in [2.45, 2.75) is 106 Å². The van der Waals surface area contributed by atoms with Gasteiger partial charge in [0.05, 0.1) is 33.0 Å². The van der Waals surface area contributed by atoms with Crippen LogP contribution >= 0.6 is 34.8 Å². The van der Waals surface area contributed by atoms with E-state index in [-0.39, 0.29) is 33.0 Å². The molecule has 18 heteroatoms. The molecule has 2 saturated heterocycles. The molecule has 0 saturated carbocycles. The van der Waals surface area contributed by atoms with Gasteiger partial charge in [0, 0.05) is 20.8 Å². The molecule has 15 nitrogen and oxygen atoms in total. The van der Waals surface area contributed by atoms with Crippen LogP contribution in [-0.2, 0) is 86.3 Å². The van der Waals surface area contributed by atoms with Gasteiger partial charge in [-0.25, -0.2) is 0 Å². The van der Waals surface area contributed by atoms with Crippen LogP contribution in [0.5, 0.6) is 0 Å². The Hall–Kier alpha value is -4.13. The van der Waals surface area contributed by atoms with Crippen molar-refractivity contribution in [2.75, 3.05) is 19.8 Å². The van der Waals surface area contributed by atoms with Crippen LogP contribution < -0.4 is 0 Å². The summed E-state index contributed by atoms with van der Waals surface area (Å²) in [4.78, 5) is 37.4. The average molecular weight is 923 g/mol. The van der Waals surface area contributed by atoms with Crippen molar-refractivity contribution in [3.05, 3.63) is 120 Å². The Morgan fingerprint density at radius 3 is 1.63 bits per heavy atom. The number of hydrogen-bond donors (Lipinski definition) is 1. The van der Waals surface area contributed by atoms with E-state index in [1.165, 1.54) is 6.08 Å². The first-order chi connectivity index (χ1) is 29.7. The van der Waals surface area contributed by atoms with Crippen molar-refractivity contribution >= 4 is 58.6 Å². The number of halogens is 3. The molecule has 3 aromatic rings. The Bertz CT molecular complexity index is 1890. The third kappa shape index (κ3) is 14.7. The summed E-state index contributed by atoms with van der Waals surface area (Å²) < 4.78 is 65.7. The molecule has 3 aromatic carbocycles. The molecule has 0 spiro atoms. The highest BCUT2D eigenvalue weighted by molar-refractivity contribution is 6.76. The number of carbonyl (C=O) groups is 3. The first kappa shape index (κ1) is 48.9. The molecule has 62 heavy (non-hydrogen) atoms. The van der Waals surface area contributed by atoms with Crippen LogP contribution in [-0.4, -0.2) is 109 Å². The van der Waals surface area contributed by atoms with Gasteiger partial charge in [-0.05, 0) is 16.7 Å². The fourth-order valence-corrected chi connectivity index (χ4v) is 6.85. The quantitative estimate of drug-likeness (QED) is 0.0322. The molecule has 1 N–H and O–H groups in total. The van der Waals surface area contributed by atoms with Gasteiger partial charge in [-0.2, -0.15) is 0 Å². The third-order valence-corrected chi connectivity index (χ3v) is 9.91. The van der Waals surface area contributed by atoms with E-state index in [9.17, 15) is 14.4 Å². The van der Waals surface area contributed by atoms with Crippen LogP contribution in [0.1, 0.15) is 37.5 Å². The Morgan fingerprint density at radius 2 is 1.11 bits per heavy atom. The summed E-state index contributed by atoms with van der Waals surface area (Å²) in [7, 11) is 0. The van der Waals surface area contributed by atoms with E-state index in [2.05, 4.69) is 6.58 Å². The number of nitrogens with one attached hydrogen (secondary N) is 1. The molecule has 2 aliphatic heterocycles. The minimum atomic E-state index is -2.40. The number of ether oxygens (including phenoxy) is 11. The molecule has 2 fully saturated rings. The zero-order chi connectivity index (χ0) is 44.6. The van der Waals surface area contributed by atoms with Gasteiger partial charge in [-0.3, -0.25) is 19.8 Å². The van der Waals surface area contributed by atoms with Crippen molar-refractivity contribution in [1.82, 2.24) is 0 Å². The van der Waals surface area contributed by atoms with E-state index >= 15 is 0 Å². The molecular formula is C44H50Cl3NO14. The van der Waals surface area contributed by atoms with Gasteiger partial charge in [-0.15, -0.1) is 6.58 Å². The van der Waals surface area contributed by atoms with Crippen LogP contribution in [0.2, 0.25) is 0 Å². The van der Waals surface area contributed by atoms with Gasteiger partial charge in [0.25, 0.3) is 3.79 Å². The van der Waals surface area contributed by atoms with Crippen molar-refractivity contribution in [1.29, 1.82) is 5.41 Å². The van der Waals surface area contributed by atoms with Crippen molar-refractivity contribution < 1.29 is 66.5 Å². The summed E-state index contributed by atoms with van der Waals surface area (Å²) in [6.45, 7) is 7.13. The van der Waals surface area contributed by atoms with Gasteiger partial charge in [0.1, 0.15) is 37.1 Å². The van der Waals surface area contributed by atoms with E-state index in [0.717, 1.165) is 37.5 Å². The van der Waals surface area contributed by atoms with Gasteiger partial charge < -0.3 is 52.1 Å². The number of hydrogen-bond acceptors (Lipinski definition) is 15. The summed E-state index contributed by atoms with van der Waals surface area (Å²) in [5.74, 6) is -3.25. The van der Waals surface area contributed by atoms with Crippen LogP contribution in [0.25, 0.3) is 0 Å². The van der Waals surface area contributed by atoms with Crippen LogP contribution in [0.15, 0.2) is 104 Å². The Balaban J connectivity index is 1.60. The molecule has 0 aromatic heterocycles. The van der Waals surface area contributed by atoms with Crippen LogP contribution in [0, 0.1) is 5.41 Å². The van der Waals surface area contributed by atoms with Gasteiger partial charge in [0.15, 0.2) is 24.6 Å². The molecule has 5 rings (SSSR count). The molecule has 10 atom stereocenters. The van der Waals surface area contributed by atoms with Gasteiger partial charge >= 0.3 is 17.9 Å². The second-order valence-electron chi connectivity index (χ2n) is 14.2. The molecule has 0 radical (unpaired) electrons. The lowest BCUT2D eigenvalue weighted by Gasteiger charge is -2.49. The molecule has 0 aliphatic carbocycles. The normalized spacial score (nSPS) is 26.2. The highest BCUT2D eigenvalue weighted by Gasteiger charge is 2.57. The van der Waals surface area contributed by atoms with E-state index in [1.54, 1.807) is 0 Å². The summed E-state index contributed by atoms with van der Waals surface area (Å²) in [5.41, 5.74) is 2.62. The third-order valence-electron chi connectivity index (χ3n) is 9.39. The number of benzene rings is 3. The standard InChI is InChI=1S/C44H50Cl3NO14/c1-5-21-53-39-37(56-24-32-19-13-8-14-20-32)35(55-23-31-17-11-7-12-18-31)33(25-52-22-30-15-9-6-10-16-30)59-41(39)61-40-38(58-29(4)51)36(57-28(3)50)34(26-54-27(2)49)60-42(40)62-43(48)44(45,46)47/h5-20,33-42,48H,1,21-26H2,2-4H3/t33-,34-,35-,36-,37+,38+,39-,40-,41-,42-/m1/s1. The largest absolute Gasteiger partial charge is 0.463 e. The monoisotopic (exact) mass is 921 g/mol. The highest BCUT2D eigenvalue weighted by atomic mass is 35.6. The molecule has 336 valence electrons. The molecular weight excluding hydrogens is 873 g/mol. The fourth-order valence-electron chi connectivity index (χ4n) is 6.72. The van der Waals surface area contributed by atoms with Crippen molar-refractivity contribution in [2.24, 2.45) is 0 Å². The topological polar surface area (TPSA) is 177 Å². The highest BCUT2D eigenvalue weighted by Crippen LogP contribution is 2.37. The summed E-state index contributed by atoms with van der Waals surface area (Å²) in [6, 6.07) is 28.5. The maximum atomic E-state index is 12.8. The first-order valence-electron chi connectivity index (χ1n) is 19.6. The van der Waals surface area contributed by atoms with Gasteiger partial charge in [0.2, 0.25) is 12.2 Å². The molecule has 0 bridgehead atoms. The minimum Gasteiger partial charge on any atom is -0.463 e. The maximum absolute atomic E-state index is 12.8. The zero-order valence-electron chi connectivity index (χ0n) is 34.3. The first-order valence-corrected chi connectivity index (χ1v) is 20.8. The molecule has 2 aliphatic rings. The number of rotatable bonds is 20. The molecule has 2 heterocycles. The summed E-state index contributed by atoms with van der Waals surface area (Å²) >= 11 is 18.1. The fraction of sp³-hybridized carbons (Fsp3) is 0.455. The molecule has 0 unspecified atom stereocenters. The second-order valence-corrected chi connectivity index (χ2v) is 16.5. The van der Waals surface area contributed by atoms with Gasteiger partial charge in [-0.1, -0.05) is 132 Å². The molecule has 0 amide bonds. The van der Waals surface area contributed by atoms with Crippen molar-refractivity contribution in [3.8, 4) is 0 Å². The summed E-state index contributed by atoms with van der Waals surface area (Å²) in [5, 5.41) is 8.46. The second kappa shape index (κ2) is 24.1. The number of alkyl halides is 3. The van der Waals surface area contributed by atoms with Crippen LogP contribution in [0.4, 0.5) is 0 Å². The predicted molar refractivity (Wildman–Crippen MR) is 225 cm³/mol. The Kier molecular flexibility index (Phi) is 19.0. The van der Waals surface area contributed by atoms with E-state index < -0.39 is 95.6 Å². The maximum Gasteiger partial charge on any atom is 0.303 e. The minimum absolute atomic E-state index is 0.0213. The summed E-state index contributed by atoms with van der Waals surface area (Å²) in [6.07, 6.45) is -11.6.